The zero-order chi connectivity index (χ0) is 21.1. The normalized spacial score (nSPS) is 14.4. The number of carbonyl (C=O) groups is 2. The minimum atomic E-state index is -1.06. The van der Waals surface area contributed by atoms with Crippen LogP contribution >= 0.6 is 0 Å². The molecule has 0 bridgehead atoms. The second-order valence-electron chi connectivity index (χ2n) is 7.38. The number of esters is 1. The summed E-state index contributed by atoms with van der Waals surface area (Å²) in [5, 5.41) is 9.14. The molecule has 0 amide bonds. The second kappa shape index (κ2) is 8.47. The van der Waals surface area contributed by atoms with Crippen LogP contribution in [-0.4, -0.2) is 34.7 Å². The lowest BCUT2D eigenvalue weighted by Crippen LogP contribution is -2.37. The van der Waals surface area contributed by atoms with Crippen LogP contribution in [0.2, 0.25) is 0 Å². The summed E-state index contributed by atoms with van der Waals surface area (Å²) in [5.74, 6) is -2.55. The van der Waals surface area contributed by atoms with Crippen molar-refractivity contribution in [3.63, 3.8) is 0 Å². The molecule has 0 spiro atoms. The van der Waals surface area contributed by atoms with Gasteiger partial charge in [0.2, 0.25) is 0 Å². The third-order valence-corrected chi connectivity index (χ3v) is 5.51. The summed E-state index contributed by atoms with van der Waals surface area (Å²) in [5.41, 5.74) is 11.2. The van der Waals surface area contributed by atoms with Crippen LogP contribution in [0.15, 0.2) is 73.1 Å². The molecule has 2 atom stereocenters. The molecule has 2 aromatic carbocycles. The number of carboxylic acid groups (broad SMARTS) is 1. The Morgan fingerprint density at radius 2 is 1.53 bits per heavy atom. The van der Waals surface area contributed by atoms with Crippen molar-refractivity contribution >= 4 is 11.9 Å². The highest BCUT2D eigenvalue weighted by atomic mass is 16.5. The second-order valence-corrected chi connectivity index (χ2v) is 7.38. The standard InChI is InChI=1S/C24H22N2O4/c25-21(13-22(27)28)23(15-9-11-26-12-10-15)24(29)30-14-20-18-7-3-1-5-16(18)17-6-2-4-8-19(17)20/h1-12,20-21,23H,13-14,25H2,(H,27,28)/t21-,23?/m1/s1. The van der Waals surface area contributed by atoms with Gasteiger partial charge >= 0.3 is 11.9 Å². The predicted molar refractivity (Wildman–Crippen MR) is 112 cm³/mol. The van der Waals surface area contributed by atoms with E-state index in [4.69, 9.17) is 15.6 Å². The molecule has 3 N–H and O–H groups in total. The number of nitrogens with two attached hydrogens (primary N) is 1. The fourth-order valence-corrected chi connectivity index (χ4v) is 4.14. The summed E-state index contributed by atoms with van der Waals surface area (Å²) in [4.78, 5) is 28.2. The Morgan fingerprint density at radius 1 is 0.967 bits per heavy atom. The molecule has 0 saturated carbocycles. The van der Waals surface area contributed by atoms with Gasteiger partial charge in [-0.15, -0.1) is 0 Å². The number of benzene rings is 2. The average molecular weight is 402 g/mol. The fraction of sp³-hybridized carbons (Fsp3) is 0.208. The molecule has 4 rings (SSSR count). The maximum Gasteiger partial charge on any atom is 0.315 e. The van der Waals surface area contributed by atoms with E-state index < -0.39 is 23.9 Å². The van der Waals surface area contributed by atoms with Crippen molar-refractivity contribution in [1.82, 2.24) is 4.98 Å². The van der Waals surface area contributed by atoms with E-state index in [1.165, 1.54) is 0 Å². The van der Waals surface area contributed by atoms with Gasteiger partial charge < -0.3 is 15.6 Å². The molecule has 6 nitrogen and oxygen atoms in total. The van der Waals surface area contributed by atoms with Crippen molar-refractivity contribution in [1.29, 1.82) is 0 Å². The van der Waals surface area contributed by atoms with Crippen LogP contribution in [0.3, 0.4) is 0 Å². The van der Waals surface area contributed by atoms with Crippen molar-refractivity contribution in [2.24, 2.45) is 5.73 Å². The van der Waals surface area contributed by atoms with Gasteiger partial charge in [0.05, 0.1) is 12.3 Å². The van der Waals surface area contributed by atoms with Crippen LogP contribution in [0.1, 0.15) is 34.9 Å². The van der Waals surface area contributed by atoms with Crippen LogP contribution in [-0.2, 0) is 14.3 Å². The van der Waals surface area contributed by atoms with E-state index >= 15 is 0 Å². The van der Waals surface area contributed by atoms with Gasteiger partial charge in [-0.3, -0.25) is 14.6 Å². The highest BCUT2D eigenvalue weighted by Crippen LogP contribution is 2.44. The number of hydrogen-bond donors (Lipinski definition) is 2. The summed E-state index contributed by atoms with van der Waals surface area (Å²) in [6, 6.07) is 18.6. The van der Waals surface area contributed by atoms with Crippen molar-refractivity contribution < 1.29 is 19.4 Å². The molecule has 0 radical (unpaired) electrons. The van der Waals surface area contributed by atoms with E-state index in [-0.39, 0.29) is 18.9 Å². The highest BCUT2D eigenvalue weighted by molar-refractivity contribution is 5.82. The molecule has 3 aromatic rings. The fourth-order valence-electron chi connectivity index (χ4n) is 4.14. The quantitative estimate of drug-likeness (QED) is 0.588. The van der Waals surface area contributed by atoms with Gasteiger partial charge in [-0.1, -0.05) is 48.5 Å². The van der Waals surface area contributed by atoms with Crippen LogP contribution in [0, 0.1) is 0 Å². The summed E-state index contributed by atoms with van der Waals surface area (Å²) in [6.07, 6.45) is 2.76. The molecule has 0 fully saturated rings. The van der Waals surface area contributed by atoms with Crippen molar-refractivity contribution in [2.75, 3.05) is 6.61 Å². The SMILES string of the molecule is N[C@H](CC(=O)O)C(C(=O)OCC1c2ccccc2-c2ccccc21)c1ccncc1. The topological polar surface area (TPSA) is 103 Å². The van der Waals surface area contributed by atoms with Gasteiger partial charge in [-0.05, 0) is 39.9 Å². The lowest BCUT2D eigenvalue weighted by Gasteiger charge is -2.23. The van der Waals surface area contributed by atoms with E-state index in [2.05, 4.69) is 17.1 Å². The Kier molecular flexibility index (Phi) is 5.59. The van der Waals surface area contributed by atoms with Crippen LogP contribution < -0.4 is 5.73 Å². The molecule has 1 unspecified atom stereocenters. The number of fused-ring (bicyclic) bond motifs is 3. The molecule has 0 aliphatic heterocycles. The first-order valence-electron chi connectivity index (χ1n) is 9.78. The largest absolute Gasteiger partial charge is 0.481 e. The number of aromatic nitrogens is 1. The summed E-state index contributed by atoms with van der Waals surface area (Å²) >= 11 is 0. The zero-order valence-electron chi connectivity index (χ0n) is 16.3. The van der Waals surface area contributed by atoms with Crippen LogP contribution in [0.25, 0.3) is 11.1 Å². The Hall–Kier alpha value is -3.51. The van der Waals surface area contributed by atoms with E-state index in [0.717, 1.165) is 22.3 Å². The first-order valence-corrected chi connectivity index (χ1v) is 9.78. The van der Waals surface area contributed by atoms with Gasteiger partial charge in [0.25, 0.3) is 0 Å². The maximum atomic E-state index is 13.0. The van der Waals surface area contributed by atoms with E-state index in [9.17, 15) is 9.59 Å². The molecular formula is C24H22N2O4. The molecule has 1 heterocycles. The summed E-state index contributed by atoms with van der Waals surface area (Å²) < 4.78 is 5.73. The Balaban J connectivity index is 1.57. The van der Waals surface area contributed by atoms with Crippen LogP contribution in [0.4, 0.5) is 0 Å². The minimum absolute atomic E-state index is 0.0739. The monoisotopic (exact) mass is 402 g/mol. The number of pyridine rings is 1. The predicted octanol–water partition coefficient (Wildman–Crippen LogP) is 3.32. The maximum absolute atomic E-state index is 13.0. The molecular weight excluding hydrogens is 380 g/mol. The molecule has 1 aliphatic carbocycles. The number of carbonyl (C=O) groups excluding carboxylic acids is 1. The van der Waals surface area contributed by atoms with E-state index in [1.807, 2.05) is 36.4 Å². The minimum Gasteiger partial charge on any atom is -0.481 e. The van der Waals surface area contributed by atoms with Crippen molar-refractivity contribution in [3.05, 3.63) is 89.7 Å². The summed E-state index contributed by atoms with van der Waals surface area (Å²) in [7, 11) is 0. The number of nitrogens with zero attached hydrogens (tertiary/aromatic N) is 1. The van der Waals surface area contributed by atoms with Crippen molar-refractivity contribution in [3.8, 4) is 11.1 Å². The first kappa shape index (κ1) is 19.8. The van der Waals surface area contributed by atoms with Gasteiger partial charge in [-0.25, -0.2) is 0 Å². The number of carboxylic acids is 1. The number of ether oxygens (including phenoxy) is 1. The van der Waals surface area contributed by atoms with E-state index in [0.29, 0.717) is 5.56 Å². The molecule has 6 heteroatoms. The third-order valence-electron chi connectivity index (χ3n) is 5.51. The lowest BCUT2D eigenvalue weighted by molar-refractivity contribution is -0.146. The molecule has 152 valence electrons. The summed E-state index contributed by atoms with van der Waals surface area (Å²) in [6.45, 7) is 0.161. The zero-order valence-corrected chi connectivity index (χ0v) is 16.3. The first-order chi connectivity index (χ1) is 14.6. The van der Waals surface area contributed by atoms with Gasteiger partial charge in [0.15, 0.2) is 0 Å². The smallest absolute Gasteiger partial charge is 0.315 e. The average Bonchev–Trinajstić information content (AvgIpc) is 3.06. The third kappa shape index (κ3) is 3.82. The highest BCUT2D eigenvalue weighted by Gasteiger charge is 2.33. The Bertz CT molecular complexity index is 1020. The number of rotatable bonds is 7. The lowest BCUT2D eigenvalue weighted by atomic mass is 9.90. The Labute approximate surface area is 174 Å². The van der Waals surface area contributed by atoms with Crippen LogP contribution in [0.5, 0.6) is 0 Å². The van der Waals surface area contributed by atoms with E-state index in [1.54, 1.807) is 24.5 Å². The number of aliphatic carboxylic acids is 1. The van der Waals surface area contributed by atoms with Gasteiger partial charge in [-0.2, -0.15) is 0 Å². The van der Waals surface area contributed by atoms with Crippen molar-refractivity contribution in [2.45, 2.75) is 24.3 Å². The molecule has 0 saturated heterocycles. The van der Waals surface area contributed by atoms with Gasteiger partial charge in [0.1, 0.15) is 6.61 Å². The molecule has 30 heavy (non-hydrogen) atoms. The van der Waals surface area contributed by atoms with Gasteiger partial charge in [0, 0.05) is 24.4 Å². The number of hydrogen-bond acceptors (Lipinski definition) is 5. The Morgan fingerprint density at radius 3 is 2.10 bits per heavy atom. The molecule has 1 aromatic heterocycles. The molecule has 1 aliphatic rings.